The Labute approximate surface area is 134 Å². The Morgan fingerprint density at radius 3 is 2.52 bits per heavy atom. The minimum Gasteiger partial charge on any atom is -0.383 e. The summed E-state index contributed by atoms with van der Waals surface area (Å²) < 4.78 is 4.93. The van der Waals surface area contributed by atoms with Gasteiger partial charge in [0.05, 0.1) is 19.2 Å². The molecule has 0 saturated carbocycles. The Hall–Kier alpha value is -1.10. The number of nitrogens with one attached hydrogen (secondary N) is 2. The highest BCUT2D eigenvalue weighted by molar-refractivity contribution is 5.85. The van der Waals surface area contributed by atoms with Gasteiger partial charge in [0.2, 0.25) is 5.91 Å². The second-order valence-electron chi connectivity index (χ2n) is 5.32. The summed E-state index contributed by atoms with van der Waals surface area (Å²) in [5.41, 5.74) is 2.39. The Balaban J connectivity index is 0.00000400. The van der Waals surface area contributed by atoms with Crippen molar-refractivity contribution in [2.75, 3.05) is 26.8 Å². The second-order valence-corrected chi connectivity index (χ2v) is 5.32. The lowest BCUT2D eigenvalue weighted by molar-refractivity contribution is -0.121. The molecule has 0 aromatic heterocycles. The van der Waals surface area contributed by atoms with Crippen LogP contribution in [-0.2, 0) is 9.53 Å². The van der Waals surface area contributed by atoms with Gasteiger partial charge in [-0.25, -0.2) is 0 Å². The van der Waals surface area contributed by atoms with Crippen molar-refractivity contribution in [1.82, 2.24) is 10.6 Å². The van der Waals surface area contributed by atoms with Crippen LogP contribution in [0, 0.1) is 12.8 Å². The molecule has 0 aliphatic carbocycles. The molecule has 5 heteroatoms. The molecule has 1 atom stereocenters. The van der Waals surface area contributed by atoms with E-state index in [1.165, 1.54) is 11.1 Å². The predicted molar refractivity (Wildman–Crippen MR) is 88.9 cm³/mol. The SMILES string of the molecule is COCCNCC(=O)NC(c1ccccc1C)C(C)C.Cl. The number of benzene rings is 1. The highest BCUT2D eigenvalue weighted by Gasteiger charge is 2.19. The number of hydrogen-bond acceptors (Lipinski definition) is 3. The zero-order valence-electron chi connectivity index (χ0n) is 13.3. The van der Waals surface area contributed by atoms with Gasteiger partial charge in [-0.2, -0.15) is 0 Å². The molecule has 1 aromatic rings. The van der Waals surface area contributed by atoms with Crippen LogP contribution in [0.15, 0.2) is 24.3 Å². The number of hydrogen-bond donors (Lipinski definition) is 2. The van der Waals surface area contributed by atoms with Crippen molar-refractivity contribution >= 4 is 18.3 Å². The maximum atomic E-state index is 12.0. The van der Waals surface area contributed by atoms with Crippen LogP contribution < -0.4 is 10.6 Å². The van der Waals surface area contributed by atoms with E-state index in [0.29, 0.717) is 25.6 Å². The molecule has 1 amide bonds. The van der Waals surface area contributed by atoms with Gasteiger partial charge < -0.3 is 15.4 Å². The first kappa shape index (κ1) is 19.9. The third kappa shape index (κ3) is 6.93. The van der Waals surface area contributed by atoms with Crippen LogP contribution in [0.5, 0.6) is 0 Å². The van der Waals surface area contributed by atoms with E-state index >= 15 is 0 Å². The van der Waals surface area contributed by atoms with E-state index in [9.17, 15) is 4.79 Å². The normalized spacial score (nSPS) is 11.9. The molecular formula is C16H27ClN2O2. The van der Waals surface area contributed by atoms with E-state index in [1.807, 2.05) is 12.1 Å². The molecule has 120 valence electrons. The minimum atomic E-state index is 0. The average molecular weight is 315 g/mol. The fourth-order valence-corrected chi connectivity index (χ4v) is 2.14. The zero-order chi connectivity index (χ0) is 15.0. The molecule has 1 rings (SSSR count). The molecule has 4 nitrogen and oxygen atoms in total. The van der Waals surface area contributed by atoms with Crippen molar-refractivity contribution in [2.24, 2.45) is 5.92 Å². The number of ether oxygens (including phenoxy) is 1. The topological polar surface area (TPSA) is 50.4 Å². The number of methoxy groups -OCH3 is 1. The smallest absolute Gasteiger partial charge is 0.234 e. The highest BCUT2D eigenvalue weighted by Crippen LogP contribution is 2.24. The molecule has 0 radical (unpaired) electrons. The van der Waals surface area contributed by atoms with Crippen molar-refractivity contribution in [3.05, 3.63) is 35.4 Å². The standard InChI is InChI=1S/C16H26N2O2.ClH/c1-12(2)16(14-8-6-5-7-13(14)3)18-15(19)11-17-9-10-20-4;/h5-8,12,16-17H,9-11H2,1-4H3,(H,18,19);1H. The Kier molecular flexibility index (Phi) is 10.0. The van der Waals surface area contributed by atoms with Crippen LogP contribution in [0.25, 0.3) is 0 Å². The highest BCUT2D eigenvalue weighted by atomic mass is 35.5. The number of aryl methyl sites for hydroxylation is 1. The fraction of sp³-hybridized carbons (Fsp3) is 0.562. The molecule has 0 aliphatic heterocycles. The van der Waals surface area contributed by atoms with Crippen molar-refractivity contribution in [3.8, 4) is 0 Å². The van der Waals surface area contributed by atoms with Crippen molar-refractivity contribution in [2.45, 2.75) is 26.8 Å². The van der Waals surface area contributed by atoms with Crippen LogP contribution in [-0.4, -0.2) is 32.7 Å². The molecule has 1 unspecified atom stereocenters. The van der Waals surface area contributed by atoms with E-state index in [-0.39, 0.29) is 24.4 Å². The molecule has 21 heavy (non-hydrogen) atoms. The predicted octanol–water partition coefficient (Wildman–Crippen LogP) is 2.47. The van der Waals surface area contributed by atoms with Crippen LogP contribution >= 0.6 is 12.4 Å². The fourth-order valence-electron chi connectivity index (χ4n) is 2.14. The Morgan fingerprint density at radius 1 is 1.29 bits per heavy atom. The van der Waals surface area contributed by atoms with Gasteiger partial charge in [-0.15, -0.1) is 12.4 Å². The maximum absolute atomic E-state index is 12.0. The summed E-state index contributed by atoms with van der Waals surface area (Å²) in [7, 11) is 1.65. The molecule has 0 heterocycles. The summed E-state index contributed by atoms with van der Waals surface area (Å²) in [6, 6.07) is 8.24. The van der Waals surface area contributed by atoms with E-state index in [1.54, 1.807) is 7.11 Å². The number of amides is 1. The largest absolute Gasteiger partial charge is 0.383 e. The first-order valence-corrected chi connectivity index (χ1v) is 7.10. The lowest BCUT2D eigenvalue weighted by Crippen LogP contribution is -2.39. The number of rotatable bonds is 8. The minimum absolute atomic E-state index is 0. The summed E-state index contributed by atoms with van der Waals surface area (Å²) >= 11 is 0. The lowest BCUT2D eigenvalue weighted by atomic mass is 9.92. The molecule has 0 aliphatic rings. The van der Waals surface area contributed by atoms with Crippen molar-refractivity contribution in [3.63, 3.8) is 0 Å². The molecule has 0 spiro atoms. The molecule has 0 bridgehead atoms. The summed E-state index contributed by atoms with van der Waals surface area (Å²) in [5.74, 6) is 0.363. The number of carbonyl (C=O) groups is 1. The van der Waals surface area contributed by atoms with Crippen LogP contribution in [0.3, 0.4) is 0 Å². The van der Waals surface area contributed by atoms with Gasteiger partial charge in [-0.3, -0.25) is 4.79 Å². The molecular weight excluding hydrogens is 288 g/mol. The first-order valence-electron chi connectivity index (χ1n) is 7.10. The maximum Gasteiger partial charge on any atom is 0.234 e. The first-order chi connectivity index (χ1) is 9.56. The average Bonchev–Trinajstić information content (AvgIpc) is 2.42. The van der Waals surface area contributed by atoms with Gasteiger partial charge in [0.15, 0.2) is 0 Å². The van der Waals surface area contributed by atoms with Crippen molar-refractivity contribution < 1.29 is 9.53 Å². The van der Waals surface area contributed by atoms with Gasteiger partial charge in [0, 0.05) is 13.7 Å². The Bertz CT molecular complexity index is 424. The molecule has 2 N–H and O–H groups in total. The van der Waals surface area contributed by atoms with Gasteiger partial charge in [-0.05, 0) is 24.0 Å². The third-order valence-electron chi connectivity index (χ3n) is 3.28. The Morgan fingerprint density at radius 2 is 1.95 bits per heavy atom. The van der Waals surface area contributed by atoms with Crippen LogP contribution in [0.2, 0.25) is 0 Å². The zero-order valence-corrected chi connectivity index (χ0v) is 14.1. The van der Waals surface area contributed by atoms with Gasteiger partial charge in [-0.1, -0.05) is 38.1 Å². The molecule has 0 fully saturated rings. The number of carbonyl (C=O) groups excluding carboxylic acids is 1. The lowest BCUT2D eigenvalue weighted by Gasteiger charge is -2.24. The van der Waals surface area contributed by atoms with E-state index < -0.39 is 0 Å². The summed E-state index contributed by atoms with van der Waals surface area (Å²) in [6.45, 7) is 7.93. The third-order valence-corrected chi connectivity index (χ3v) is 3.28. The number of halogens is 1. The van der Waals surface area contributed by atoms with E-state index in [4.69, 9.17) is 4.74 Å². The quantitative estimate of drug-likeness (QED) is 0.725. The van der Waals surface area contributed by atoms with Crippen molar-refractivity contribution in [1.29, 1.82) is 0 Å². The van der Waals surface area contributed by atoms with Crippen LogP contribution in [0.1, 0.15) is 31.0 Å². The van der Waals surface area contributed by atoms with E-state index in [0.717, 1.165) is 0 Å². The van der Waals surface area contributed by atoms with Gasteiger partial charge >= 0.3 is 0 Å². The summed E-state index contributed by atoms with van der Waals surface area (Å²) in [4.78, 5) is 12.0. The molecule has 1 aromatic carbocycles. The monoisotopic (exact) mass is 314 g/mol. The second kappa shape index (κ2) is 10.6. The van der Waals surface area contributed by atoms with E-state index in [2.05, 4.69) is 43.5 Å². The van der Waals surface area contributed by atoms with Crippen LogP contribution in [0.4, 0.5) is 0 Å². The van der Waals surface area contributed by atoms with Gasteiger partial charge in [0.1, 0.15) is 0 Å². The van der Waals surface area contributed by atoms with Gasteiger partial charge in [0.25, 0.3) is 0 Å². The summed E-state index contributed by atoms with van der Waals surface area (Å²) in [5, 5.41) is 6.17. The molecule has 0 saturated heterocycles. The summed E-state index contributed by atoms with van der Waals surface area (Å²) in [6.07, 6.45) is 0.